The largest absolute Gasteiger partial charge is 0.311 e. The van der Waals surface area contributed by atoms with Gasteiger partial charge in [0.2, 0.25) is 0 Å². The predicted molar refractivity (Wildman–Crippen MR) is 105 cm³/mol. The fourth-order valence-electron chi connectivity index (χ4n) is 4.22. The van der Waals surface area contributed by atoms with Gasteiger partial charge in [0.05, 0.1) is 0 Å². The molecule has 2 aromatic rings. The maximum absolute atomic E-state index is 11.0. The molecule has 0 radical (unpaired) electrons. The monoisotopic (exact) mass is 357 g/mol. The van der Waals surface area contributed by atoms with Gasteiger partial charge in [-0.15, -0.1) is 10.1 Å². The van der Waals surface area contributed by atoms with Gasteiger partial charge in [0.15, 0.2) is 0 Å². The van der Waals surface area contributed by atoms with E-state index in [-0.39, 0.29) is 10.6 Å². The molecular formula is C20H27NO3Si. The number of benzene rings is 2. The number of rotatable bonds is 6. The maximum Gasteiger partial charge on any atom is 0.294 e. The van der Waals surface area contributed by atoms with Gasteiger partial charge < -0.3 is 4.84 Å². The summed E-state index contributed by atoms with van der Waals surface area (Å²) in [6.45, 7) is 10.6. The first-order valence-corrected chi connectivity index (χ1v) is 10.7. The quantitative estimate of drug-likeness (QED) is 0.445. The second-order valence-electron chi connectivity index (χ2n) is 7.61. The van der Waals surface area contributed by atoms with Crippen molar-refractivity contribution in [3.05, 3.63) is 70.8 Å². The Morgan fingerprint density at radius 3 is 1.64 bits per heavy atom. The molecule has 0 bridgehead atoms. The van der Waals surface area contributed by atoms with Crippen molar-refractivity contribution in [3.63, 3.8) is 0 Å². The van der Waals surface area contributed by atoms with E-state index in [1.807, 2.05) is 19.1 Å². The van der Waals surface area contributed by atoms with Crippen molar-refractivity contribution >= 4 is 18.4 Å². The van der Waals surface area contributed by atoms with E-state index in [0.29, 0.717) is 0 Å². The normalized spacial score (nSPS) is 14.6. The first kappa shape index (κ1) is 19.2. The molecule has 1 unspecified atom stereocenters. The lowest BCUT2D eigenvalue weighted by atomic mass is 10.2. The summed E-state index contributed by atoms with van der Waals surface area (Å²) in [7, 11) is -2.41. The van der Waals surface area contributed by atoms with E-state index >= 15 is 0 Å². The molecule has 2 rings (SSSR count). The van der Waals surface area contributed by atoms with Crippen LogP contribution in [0.25, 0.3) is 0 Å². The molecule has 2 atom stereocenters. The summed E-state index contributed by atoms with van der Waals surface area (Å²) in [6, 6.07) is 20.9. The van der Waals surface area contributed by atoms with Gasteiger partial charge in [-0.1, -0.05) is 98.7 Å². The van der Waals surface area contributed by atoms with Gasteiger partial charge in [-0.3, -0.25) is 0 Å². The molecule has 0 spiro atoms. The molecule has 4 nitrogen and oxygen atoms in total. The Kier molecular flexibility index (Phi) is 5.68. The van der Waals surface area contributed by atoms with Crippen LogP contribution >= 0.6 is 0 Å². The number of hydrogen-bond acceptors (Lipinski definition) is 3. The minimum absolute atomic E-state index is 0.0164. The Balaban J connectivity index is 2.75. The fraction of sp³-hybridized carbons (Fsp3) is 0.400. The van der Waals surface area contributed by atoms with Gasteiger partial charge in [-0.25, -0.2) is 0 Å². The van der Waals surface area contributed by atoms with E-state index in [9.17, 15) is 10.1 Å². The molecule has 0 heterocycles. The van der Waals surface area contributed by atoms with Crippen LogP contribution in [0.3, 0.4) is 0 Å². The molecule has 0 amide bonds. The summed E-state index contributed by atoms with van der Waals surface area (Å²) >= 11 is 0. The zero-order valence-corrected chi connectivity index (χ0v) is 16.6. The summed E-state index contributed by atoms with van der Waals surface area (Å²) in [4.78, 5) is 16.0. The second kappa shape index (κ2) is 7.40. The minimum atomic E-state index is -2.41. The Morgan fingerprint density at radius 2 is 1.32 bits per heavy atom. The molecule has 0 aliphatic heterocycles. The van der Waals surface area contributed by atoms with Crippen molar-refractivity contribution in [1.82, 2.24) is 0 Å². The third kappa shape index (κ3) is 3.61. The van der Waals surface area contributed by atoms with E-state index in [2.05, 4.69) is 76.2 Å². The topological polar surface area (TPSA) is 52.4 Å². The first-order chi connectivity index (χ1) is 11.7. The van der Waals surface area contributed by atoms with Gasteiger partial charge in [0.1, 0.15) is 14.2 Å². The lowest BCUT2D eigenvalue weighted by Gasteiger charge is -2.49. The summed E-state index contributed by atoms with van der Waals surface area (Å²) in [5, 5.41) is 12.8. The van der Waals surface area contributed by atoms with Crippen LogP contribution in [0.4, 0.5) is 0 Å². The van der Waals surface area contributed by atoms with E-state index < -0.39 is 19.3 Å². The highest BCUT2D eigenvalue weighted by atomic mass is 28.3. The van der Waals surface area contributed by atoms with Crippen LogP contribution in [0, 0.1) is 10.1 Å². The summed E-state index contributed by atoms with van der Waals surface area (Å²) < 4.78 is 0. The van der Waals surface area contributed by atoms with E-state index in [0.717, 1.165) is 0 Å². The summed E-state index contributed by atoms with van der Waals surface area (Å²) in [5.74, 6) is 0. The molecule has 0 aliphatic rings. The SMILES string of the molecule is CC([C@H](C)O[N+](=O)[O-])[Si](c1ccccc1)(c1ccccc1)C(C)(C)C. The van der Waals surface area contributed by atoms with E-state index in [1.54, 1.807) is 0 Å². The molecule has 0 fully saturated rings. The number of nitrogens with zero attached hydrogens (tertiary/aromatic N) is 1. The molecule has 0 aromatic heterocycles. The van der Waals surface area contributed by atoms with Crippen LogP contribution in [0.5, 0.6) is 0 Å². The zero-order chi connectivity index (χ0) is 18.7. The van der Waals surface area contributed by atoms with Crippen molar-refractivity contribution in [2.24, 2.45) is 0 Å². The summed E-state index contributed by atoms with van der Waals surface area (Å²) in [5.41, 5.74) is 0.0164. The number of hydrogen-bond donors (Lipinski definition) is 0. The van der Waals surface area contributed by atoms with Gasteiger partial charge in [-0.2, -0.15) is 0 Å². The average molecular weight is 358 g/mol. The minimum Gasteiger partial charge on any atom is -0.311 e. The molecule has 0 aliphatic carbocycles. The van der Waals surface area contributed by atoms with E-state index in [4.69, 9.17) is 4.84 Å². The van der Waals surface area contributed by atoms with Gasteiger partial charge in [0.25, 0.3) is 5.09 Å². The zero-order valence-electron chi connectivity index (χ0n) is 15.6. The molecule has 25 heavy (non-hydrogen) atoms. The highest BCUT2D eigenvalue weighted by Gasteiger charge is 2.53. The predicted octanol–water partition coefficient (Wildman–Crippen LogP) is 4.04. The first-order valence-electron chi connectivity index (χ1n) is 8.63. The molecular weight excluding hydrogens is 330 g/mol. The van der Waals surface area contributed by atoms with Gasteiger partial charge >= 0.3 is 0 Å². The second-order valence-corrected chi connectivity index (χ2v) is 12.8. The van der Waals surface area contributed by atoms with Gasteiger partial charge in [-0.05, 0) is 17.5 Å². The van der Waals surface area contributed by atoms with Crippen LogP contribution < -0.4 is 10.4 Å². The van der Waals surface area contributed by atoms with Crippen LogP contribution in [-0.2, 0) is 4.84 Å². The highest BCUT2D eigenvalue weighted by molar-refractivity contribution is 7.05. The maximum atomic E-state index is 11.0. The van der Waals surface area contributed by atoms with Gasteiger partial charge in [0, 0.05) is 0 Å². The Bertz CT molecular complexity index is 658. The fourth-order valence-corrected chi connectivity index (χ4v) is 10.9. The standard InChI is InChI=1S/C20H27NO3Si/c1-16(24-21(22)23)17(2)25(20(3,4)5,18-12-8-6-9-13-18)19-14-10-7-11-15-19/h6-17H,1-5H3/t16-,17?/m0/s1. The van der Waals surface area contributed by atoms with E-state index in [1.165, 1.54) is 10.4 Å². The van der Waals surface area contributed by atoms with Crippen molar-refractivity contribution in [1.29, 1.82) is 0 Å². The smallest absolute Gasteiger partial charge is 0.294 e. The Labute approximate surface area is 151 Å². The van der Waals surface area contributed by atoms with Crippen molar-refractivity contribution in [2.45, 2.75) is 51.3 Å². The van der Waals surface area contributed by atoms with Crippen LogP contribution in [-0.4, -0.2) is 19.3 Å². The highest BCUT2D eigenvalue weighted by Crippen LogP contribution is 2.44. The van der Waals surface area contributed by atoms with Crippen LogP contribution in [0.15, 0.2) is 60.7 Å². The third-order valence-corrected chi connectivity index (χ3v) is 12.0. The van der Waals surface area contributed by atoms with Crippen LogP contribution in [0.2, 0.25) is 10.6 Å². The molecule has 134 valence electrons. The third-order valence-electron chi connectivity index (χ3n) is 5.28. The molecule has 0 saturated heterocycles. The lowest BCUT2D eigenvalue weighted by Crippen LogP contribution is -2.68. The van der Waals surface area contributed by atoms with Crippen molar-refractivity contribution in [2.75, 3.05) is 0 Å². The van der Waals surface area contributed by atoms with Crippen molar-refractivity contribution in [3.8, 4) is 0 Å². The van der Waals surface area contributed by atoms with Crippen LogP contribution in [0.1, 0.15) is 34.6 Å². The van der Waals surface area contributed by atoms with Crippen molar-refractivity contribution < 1.29 is 9.92 Å². The molecule has 0 saturated carbocycles. The summed E-state index contributed by atoms with van der Waals surface area (Å²) in [6.07, 6.45) is -0.485. The molecule has 0 N–H and O–H groups in total. The molecule has 2 aromatic carbocycles. The lowest BCUT2D eigenvalue weighted by molar-refractivity contribution is -0.767. The average Bonchev–Trinajstić information content (AvgIpc) is 2.55. The Hall–Kier alpha value is -2.14. The Morgan fingerprint density at radius 1 is 0.920 bits per heavy atom. The molecule has 5 heteroatoms.